The van der Waals surface area contributed by atoms with Gasteiger partial charge in [0.25, 0.3) is 0 Å². The van der Waals surface area contributed by atoms with Crippen LogP contribution in [0, 0.1) is 0 Å². The smallest absolute Gasteiger partial charge is 0.119 e. The first-order valence-corrected chi connectivity index (χ1v) is 7.28. The number of aliphatic hydroxyl groups is 1. The van der Waals surface area contributed by atoms with Gasteiger partial charge < -0.3 is 14.6 Å². The highest BCUT2D eigenvalue weighted by molar-refractivity contribution is 5.31. The van der Waals surface area contributed by atoms with Gasteiger partial charge in [-0.15, -0.1) is 0 Å². The first kappa shape index (κ1) is 15.3. The summed E-state index contributed by atoms with van der Waals surface area (Å²) >= 11 is 0. The number of likely N-dealkylation sites (tertiary alicyclic amines) is 1. The Hall–Kier alpha value is -1.10. The van der Waals surface area contributed by atoms with Gasteiger partial charge in [0.2, 0.25) is 0 Å². The van der Waals surface area contributed by atoms with Crippen LogP contribution in [0.4, 0.5) is 0 Å². The summed E-state index contributed by atoms with van der Waals surface area (Å²) in [5.41, 5.74) is 1.20. The van der Waals surface area contributed by atoms with Crippen molar-refractivity contribution in [3.05, 3.63) is 29.8 Å². The second-order valence-corrected chi connectivity index (χ2v) is 5.60. The minimum absolute atomic E-state index is 0.246. The van der Waals surface area contributed by atoms with E-state index in [0.29, 0.717) is 13.2 Å². The van der Waals surface area contributed by atoms with Crippen molar-refractivity contribution in [2.24, 2.45) is 0 Å². The van der Waals surface area contributed by atoms with Crippen LogP contribution in [-0.4, -0.2) is 49.0 Å². The molecule has 4 nitrogen and oxygen atoms in total. The van der Waals surface area contributed by atoms with Crippen LogP contribution in [0.2, 0.25) is 0 Å². The molecule has 1 aliphatic heterocycles. The standard InChI is InChI=1S/C16H25NO3/c1-12(2)20-8-7-17-11-14(18)10-16(17)13-5-4-6-15(9-13)19-3/h4-6,9,12,14,16,18H,7-8,10-11H2,1-3H3/t14-,16+/m1/s1. The predicted molar refractivity (Wildman–Crippen MR) is 79.0 cm³/mol. The van der Waals surface area contributed by atoms with Crippen molar-refractivity contribution in [3.63, 3.8) is 0 Å². The van der Waals surface area contributed by atoms with E-state index in [1.165, 1.54) is 5.56 Å². The highest BCUT2D eigenvalue weighted by Crippen LogP contribution is 2.33. The highest BCUT2D eigenvalue weighted by Gasteiger charge is 2.31. The number of hydrogen-bond acceptors (Lipinski definition) is 4. The summed E-state index contributed by atoms with van der Waals surface area (Å²) in [5, 5.41) is 9.95. The van der Waals surface area contributed by atoms with Crippen molar-refractivity contribution in [2.75, 3.05) is 26.8 Å². The van der Waals surface area contributed by atoms with Crippen molar-refractivity contribution in [2.45, 2.75) is 38.5 Å². The van der Waals surface area contributed by atoms with E-state index in [2.05, 4.69) is 17.0 Å². The molecule has 20 heavy (non-hydrogen) atoms. The van der Waals surface area contributed by atoms with Crippen LogP contribution in [0.3, 0.4) is 0 Å². The van der Waals surface area contributed by atoms with Gasteiger partial charge in [-0.2, -0.15) is 0 Å². The molecule has 0 spiro atoms. The third kappa shape index (κ3) is 3.95. The summed E-state index contributed by atoms with van der Waals surface area (Å²) in [6.45, 7) is 6.34. The third-order valence-corrected chi connectivity index (χ3v) is 3.69. The van der Waals surface area contributed by atoms with Crippen molar-refractivity contribution in [3.8, 4) is 5.75 Å². The molecule has 4 heteroatoms. The molecule has 0 bridgehead atoms. The fourth-order valence-electron chi connectivity index (χ4n) is 2.73. The number of benzene rings is 1. The molecule has 112 valence electrons. The van der Waals surface area contributed by atoms with Gasteiger partial charge in [0.1, 0.15) is 5.75 Å². The molecule has 0 radical (unpaired) electrons. The average molecular weight is 279 g/mol. The van der Waals surface area contributed by atoms with Crippen molar-refractivity contribution < 1.29 is 14.6 Å². The molecule has 1 aromatic carbocycles. The number of nitrogens with zero attached hydrogens (tertiary/aromatic N) is 1. The first-order valence-electron chi connectivity index (χ1n) is 7.28. The van der Waals surface area contributed by atoms with Gasteiger partial charge in [0.05, 0.1) is 25.9 Å². The Labute approximate surface area is 121 Å². The summed E-state index contributed by atoms with van der Waals surface area (Å²) in [7, 11) is 1.68. The summed E-state index contributed by atoms with van der Waals surface area (Å²) < 4.78 is 10.9. The lowest BCUT2D eigenvalue weighted by Crippen LogP contribution is -2.29. The lowest BCUT2D eigenvalue weighted by molar-refractivity contribution is 0.0542. The van der Waals surface area contributed by atoms with Crippen LogP contribution in [0.15, 0.2) is 24.3 Å². The van der Waals surface area contributed by atoms with Crippen LogP contribution < -0.4 is 4.74 Å². The van der Waals surface area contributed by atoms with Gasteiger partial charge in [-0.3, -0.25) is 4.90 Å². The molecule has 2 atom stereocenters. The van der Waals surface area contributed by atoms with Crippen molar-refractivity contribution in [1.29, 1.82) is 0 Å². The molecule has 1 aromatic rings. The van der Waals surface area contributed by atoms with Gasteiger partial charge in [0, 0.05) is 19.1 Å². The van der Waals surface area contributed by atoms with Gasteiger partial charge in [0.15, 0.2) is 0 Å². The summed E-state index contributed by atoms with van der Waals surface area (Å²) in [5.74, 6) is 0.863. The zero-order chi connectivity index (χ0) is 14.5. The van der Waals surface area contributed by atoms with Crippen LogP contribution in [0.25, 0.3) is 0 Å². The van der Waals surface area contributed by atoms with E-state index in [-0.39, 0.29) is 18.2 Å². The van der Waals surface area contributed by atoms with Crippen molar-refractivity contribution in [1.82, 2.24) is 4.90 Å². The highest BCUT2D eigenvalue weighted by atomic mass is 16.5. The minimum atomic E-state index is -0.259. The molecule has 1 fully saturated rings. The van der Waals surface area contributed by atoms with Gasteiger partial charge >= 0.3 is 0 Å². The number of β-amino-alcohol motifs (C(OH)–C–C–N with tert-alkyl or cyclic N) is 1. The third-order valence-electron chi connectivity index (χ3n) is 3.69. The maximum absolute atomic E-state index is 9.95. The Balaban J connectivity index is 2.03. The Bertz CT molecular complexity index is 422. The monoisotopic (exact) mass is 279 g/mol. The first-order chi connectivity index (χ1) is 9.60. The number of rotatable bonds is 6. The quantitative estimate of drug-likeness (QED) is 0.867. The molecule has 2 rings (SSSR count). The largest absolute Gasteiger partial charge is 0.497 e. The molecule has 1 heterocycles. The normalized spacial score (nSPS) is 23.4. The zero-order valence-corrected chi connectivity index (χ0v) is 12.6. The van der Waals surface area contributed by atoms with Crippen LogP contribution in [0.5, 0.6) is 5.75 Å². The molecule has 0 amide bonds. The molecule has 0 aliphatic carbocycles. The topological polar surface area (TPSA) is 41.9 Å². The summed E-state index contributed by atoms with van der Waals surface area (Å²) in [6, 6.07) is 8.35. The molecule has 0 unspecified atom stereocenters. The minimum Gasteiger partial charge on any atom is -0.497 e. The fraction of sp³-hybridized carbons (Fsp3) is 0.625. The van der Waals surface area contributed by atoms with E-state index < -0.39 is 0 Å². The molecule has 0 saturated carbocycles. The molecule has 0 aromatic heterocycles. The molecule has 1 aliphatic rings. The van der Waals surface area contributed by atoms with E-state index in [1.807, 2.05) is 26.0 Å². The van der Waals surface area contributed by atoms with E-state index >= 15 is 0 Å². The van der Waals surface area contributed by atoms with E-state index in [9.17, 15) is 5.11 Å². The molecular weight excluding hydrogens is 254 g/mol. The van der Waals surface area contributed by atoms with Gasteiger partial charge in [-0.25, -0.2) is 0 Å². The number of methoxy groups -OCH3 is 1. The van der Waals surface area contributed by atoms with Crippen LogP contribution in [-0.2, 0) is 4.74 Å². The number of ether oxygens (including phenoxy) is 2. The molecule has 1 saturated heterocycles. The van der Waals surface area contributed by atoms with Gasteiger partial charge in [-0.1, -0.05) is 12.1 Å². The molecule has 1 N–H and O–H groups in total. The molecular formula is C16H25NO3. The second-order valence-electron chi connectivity index (χ2n) is 5.60. The SMILES string of the molecule is COc1cccc([C@@H]2C[C@@H](O)CN2CCOC(C)C)c1. The van der Waals surface area contributed by atoms with E-state index in [4.69, 9.17) is 9.47 Å². The predicted octanol–water partition coefficient (Wildman–Crippen LogP) is 2.23. The lowest BCUT2D eigenvalue weighted by atomic mass is 10.0. The number of hydrogen-bond donors (Lipinski definition) is 1. The lowest BCUT2D eigenvalue weighted by Gasteiger charge is -2.25. The second kappa shape index (κ2) is 7.07. The zero-order valence-electron chi connectivity index (χ0n) is 12.6. The Kier molecular flexibility index (Phi) is 5.40. The Morgan fingerprint density at radius 3 is 2.90 bits per heavy atom. The maximum Gasteiger partial charge on any atom is 0.119 e. The Morgan fingerprint density at radius 1 is 1.40 bits per heavy atom. The maximum atomic E-state index is 9.95. The van der Waals surface area contributed by atoms with Gasteiger partial charge in [-0.05, 0) is 38.0 Å². The van der Waals surface area contributed by atoms with E-state index in [1.54, 1.807) is 7.11 Å². The summed E-state index contributed by atoms with van der Waals surface area (Å²) in [6.07, 6.45) is 0.762. The van der Waals surface area contributed by atoms with Crippen LogP contribution >= 0.6 is 0 Å². The number of aliphatic hydroxyl groups excluding tert-OH is 1. The average Bonchev–Trinajstić information content (AvgIpc) is 2.79. The van der Waals surface area contributed by atoms with Crippen molar-refractivity contribution >= 4 is 0 Å². The Morgan fingerprint density at radius 2 is 2.20 bits per heavy atom. The van der Waals surface area contributed by atoms with Crippen LogP contribution in [0.1, 0.15) is 31.9 Å². The van der Waals surface area contributed by atoms with E-state index in [0.717, 1.165) is 18.7 Å². The fourth-order valence-corrected chi connectivity index (χ4v) is 2.73. The summed E-state index contributed by atoms with van der Waals surface area (Å²) in [4.78, 5) is 2.29.